The lowest BCUT2D eigenvalue weighted by atomic mass is 9.82. The Morgan fingerprint density at radius 1 is 1.00 bits per heavy atom. The fraction of sp³-hybridized carbons (Fsp3) is 0.278. The van der Waals surface area contributed by atoms with Gasteiger partial charge in [0.1, 0.15) is 11.1 Å². The molecule has 106 valence electrons. The van der Waals surface area contributed by atoms with Crippen molar-refractivity contribution in [1.29, 1.82) is 0 Å². The van der Waals surface area contributed by atoms with E-state index in [1.54, 1.807) is 0 Å². The molecule has 2 fully saturated rings. The predicted octanol–water partition coefficient (Wildman–Crippen LogP) is 2.88. The molecule has 0 bridgehead atoms. The summed E-state index contributed by atoms with van der Waals surface area (Å²) >= 11 is 0. The number of nitrogens with zero attached hydrogens (tertiary/aromatic N) is 1. The zero-order chi connectivity index (χ0) is 14.7. The van der Waals surface area contributed by atoms with Crippen molar-refractivity contribution in [2.24, 2.45) is 0 Å². The van der Waals surface area contributed by atoms with Crippen LogP contribution in [0.4, 0.5) is 0 Å². The molecular formula is C18H17NO2. The number of cyclic esters (lactones) is 1. The number of morpholine rings is 1. The molecule has 0 amide bonds. The van der Waals surface area contributed by atoms with Gasteiger partial charge in [0.15, 0.2) is 6.10 Å². The van der Waals surface area contributed by atoms with Crippen LogP contribution in [0, 0.1) is 0 Å². The number of carbonyl (C=O) groups excluding carboxylic acids is 1. The van der Waals surface area contributed by atoms with E-state index in [9.17, 15) is 4.79 Å². The number of fused-ring (bicyclic) bond motifs is 1. The Kier molecular flexibility index (Phi) is 2.37. The molecule has 3 heteroatoms. The second-order valence-corrected chi connectivity index (χ2v) is 5.96. The average Bonchev–Trinajstić information content (AvgIpc) is 2.92. The summed E-state index contributed by atoms with van der Waals surface area (Å²) in [5, 5.41) is 0. The molecular weight excluding hydrogens is 262 g/mol. The zero-order valence-corrected chi connectivity index (χ0v) is 12.1. The van der Waals surface area contributed by atoms with Crippen molar-refractivity contribution >= 4 is 5.97 Å². The SMILES string of the molecule is CN1[C@]2(C)C(=O)O[C@H](c3ccccc3)[C@]12c1ccccc1. The highest BCUT2D eigenvalue weighted by atomic mass is 16.6. The maximum Gasteiger partial charge on any atom is 0.329 e. The summed E-state index contributed by atoms with van der Waals surface area (Å²) in [5.41, 5.74) is 1.21. The maximum atomic E-state index is 12.4. The number of hydrogen-bond acceptors (Lipinski definition) is 3. The van der Waals surface area contributed by atoms with Crippen molar-refractivity contribution < 1.29 is 9.53 Å². The quantitative estimate of drug-likeness (QED) is 0.625. The van der Waals surface area contributed by atoms with Crippen molar-refractivity contribution in [3.05, 3.63) is 71.8 Å². The molecule has 2 aromatic rings. The molecule has 0 aliphatic carbocycles. The monoisotopic (exact) mass is 279 g/mol. The molecule has 2 aromatic carbocycles. The first-order valence-electron chi connectivity index (χ1n) is 7.19. The van der Waals surface area contributed by atoms with Crippen molar-refractivity contribution in [3.8, 4) is 0 Å². The third-order valence-electron chi connectivity index (χ3n) is 5.21. The van der Waals surface area contributed by atoms with Crippen LogP contribution in [0.25, 0.3) is 0 Å². The summed E-state index contributed by atoms with van der Waals surface area (Å²) in [6.45, 7) is 1.98. The second kappa shape index (κ2) is 3.95. The van der Waals surface area contributed by atoms with Crippen molar-refractivity contribution in [1.82, 2.24) is 4.90 Å². The molecule has 0 N–H and O–H groups in total. The third-order valence-corrected chi connectivity index (χ3v) is 5.21. The highest BCUT2D eigenvalue weighted by Crippen LogP contribution is 2.69. The maximum absolute atomic E-state index is 12.4. The van der Waals surface area contributed by atoms with Gasteiger partial charge in [-0.3, -0.25) is 4.90 Å². The fourth-order valence-corrected chi connectivity index (χ4v) is 3.95. The van der Waals surface area contributed by atoms with Gasteiger partial charge in [-0.15, -0.1) is 0 Å². The zero-order valence-electron chi connectivity index (χ0n) is 12.1. The minimum Gasteiger partial charge on any atom is -0.454 e. The van der Waals surface area contributed by atoms with E-state index in [4.69, 9.17) is 4.74 Å². The average molecular weight is 279 g/mol. The normalized spacial score (nSPS) is 37.0. The van der Waals surface area contributed by atoms with Crippen LogP contribution in [0.15, 0.2) is 60.7 Å². The van der Waals surface area contributed by atoms with E-state index in [2.05, 4.69) is 17.0 Å². The number of hydrogen-bond donors (Lipinski definition) is 0. The fourth-order valence-electron chi connectivity index (χ4n) is 3.95. The first-order chi connectivity index (χ1) is 10.1. The Hall–Kier alpha value is -2.13. The topological polar surface area (TPSA) is 29.3 Å². The summed E-state index contributed by atoms with van der Waals surface area (Å²) < 4.78 is 5.76. The summed E-state index contributed by atoms with van der Waals surface area (Å²) in [7, 11) is 2.00. The van der Waals surface area contributed by atoms with Gasteiger partial charge in [0, 0.05) is 0 Å². The summed E-state index contributed by atoms with van der Waals surface area (Å²) in [5.74, 6) is -0.136. The van der Waals surface area contributed by atoms with E-state index >= 15 is 0 Å². The Morgan fingerprint density at radius 2 is 1.57 bits per heavy atom. The van der Waals surface area contributed by atoms with Crippen molar-refractivity contribution in [2.75, 3.05) is 7.05 Å². The van der Waals surface area contributed by atoms with Gasteiger partial charge >= 0.3 is 5.97 Å². The van der Waals surface area contributed by atoms with Gasteiger partial charge in [0.25, 0.3) is 0 Å². The Balaban J connectivity index is 1.91. The molecule has 0 aromatic heterocycles. The summed E-state index contributed by atoms with van der Waals surface area (Å²) in [6, 6.07) is 20.2. The van der Waals surface area contributed by atoms with E-state index in [-0.39, 0.29) is 12.1 Å². The number of benzene rings is 2. The van der Waals surface area contributed by atoms with Gasteiger partial charge in [0.05, 0.1) is 0 Å². The molecule has 2 aliphatic heterocycles. The van der Waals surface area contributed by atoms with Crippen LogP contribution in [0.3, 0.4) is 0 Å². The molecule has 0 radical (unpaired) electrons. The van der Waals surface area contributed by atoms with Crippen LogP contribution in [0.2, 0.25) is 0 Å². The number of likely N-dealkylation sites (N-methyl/N-ethyl adjacent to an activating group) is 1. The van der Waals surface area contributed by atoms with Crippen LogP contribution < -0.4 is 0 Å². The number of ether oxygens (including phenoxy) is 1. The first-order valence-corrected chi connectivity index (χ1v) is 7.19. The summed E-state index contributed by atoms with van der Waals surface area (Å²) in [4.78, 5) is 14.6. The highest BCUT2D eigenvalue weighted by molar-refractivity contribution is 5.91. The predicted molar refractivity (Wildman–Crippen MR) is 79.6 cm³/mol. The lowest BCUT2D eigenvalue weighted by Gasteiger charge is -2.24. The van der Waals surface area contributed by atoms with E-state index in [0.717, 1.165) is 11.1 Å². The number of carbonyl (C=O) groups is 1. The Bertz CT molecular complexity index is 700. The van der Waals surface area contributed by atoms with E-state index in [1.165, 1.54) is 0 Å². The van der Waals surface area contributed by atoms with E-state index < -0.39 is 11.1 Å². The second-order valence-electron chi connectivity index (χ2n) is 5.96. The molecule has 0 saturated carbocycles. The molecule has 2 heterocycles. The van der Waals surface area contributed by atoms with Crippen LogP contribution in [0.5, 0.6) is 0 Å². The van der Waals surface area contributed by atoms with Gasteiger partial charge in [-0.1, -0.05) is 60.7 Å². The van der Waals surface area contributed by atoms with Crippen LogP contribution >= 0.6 is 0 Å². The van der Waals surface area contributed by atoms with E-state index in [0.29, 0.717) is 0 Å². The van der Waals surface area contributed by atoms with Crippen molar-refractivity contribution in [3.63, 3.8) is 0 Å². The molecule has 0 spiro atoms. The lowest BCUT2D eigenvalue weighted by molar-refractivity contribution is -0.149. The highest BCUT2D eigenvalue weighted by Gasteiger charge is 2.84. The largest absolute Gasteiger partial charge is 0.454 e. The van der Waals surface area contributed by atoms with Crippen LogP contribution in [-0.4, -0.2) is 23.5 Å². The number of esters is 1. The van der Waals surface area contributed by atoms with Gasteiger partial charge < -0.3 is 4.74 Å². The van der Waals surface area contributed by atoms with Gasteiger partial charge in [0.2, 0.25) is 0 Å². The third kappa shape index (κ3) is 1.30. The minimum atomic E-state index is -0.575. The van der Waals surface area contributed by atoms with Crippen LogP contribution in [0.1, 0.15) is 24.2 Å². The molecule has 3 nitrogen and oxygen atoms in total. The molecule has 4 rings (SSSR count). The Morgan fingerprint density at radius 3 is 2.14 bits per heavy atom. The molecule has 2 aliphatic rings. The van der Waals surface area contributed by atoms with Crippen molar-refractivity contribution in [2.45, 2.75) is 24.1 Å². The lowest BCUT2D eigenvalue weighted by Crippen LogP contribution is -2.24. The molecule has 4 atom stereocenters. The first kappa shape index (κ1) is 12.6. The molecule has 2 saturated heterocycles. The summed E-state index contributed by atoms with van der Waals surface area (Å²) in [6.07, 6.45) is -0.261. The molecule has 1 unspecified atom stereocenters. The smallest absolute Gasteiger partial charge is 0.329 e. The van der Waals surface area contributed by atoms with Gasteiger partial charge in [-0.05, 0) is 25.1 Å². The van der Waals surface area contributed by atoms with Gasteiger partial charge in [-0.25, -0.2) is 4.79 Å². The Labute approximate surface area is 124 Å². The van der Waals surface area contributed by atoms with E-state index in [1.807, 2.05) is 62.5 Å². The number of rotatable bonds is 2. The standard InChI is InChI=1S/C18H17NO2/c1-17-16(20)21-15(13-9-5-3-6-10-13)18(17,19(17)2)14-11-7-4-8-12-14/h3-12,15H,1-2H3/t15-,17-,18+,19?/m1/s1. The van der Waals surface area contributed by atoms with Gasteiger partial charge in [-0.2, -0.15) is 0 Å². The van der Waals surface area contributed by atoms with Crippen LogP contribution in [-0.2, 0) is 15.1 Å². The minimum absolute atomic E-state index is 0.136. The molecule has 21 heavy (non-hydrogen) atoms.